The van der Waals surface area contributed by atoms with Crippen molar-refractivity contribution in [2.45, 2.75) is 64.4 Å². The Labute approximate surface area is 120 Å². The summed E-state index contributed by atoms with van der Waals surface area (Å²) in [5, 5.41) is 10.0. The van der Waals surface area contributed by atoms with Crippen LogP contribution in [0.15, 0.2) is 28.7 Å². The fourth-order valence-corrected chi connectivity index (χ4v) is 2.63. The molecule has 0 fully saturated rings. The summed E-state index contributed by atoms with van der Waals surface area (Å²) in [6.07, 6.45) is 9.19. The van der Waals surface area contributed by atoms with Gasteiger partial charge >= 0.3 is 0 Å². The van der Waals surface area contributed by atoms with Crippen LogP contribution in [0.1, 0.15) is 57.4 Å². The fraction of sp³-hybridized carbons (Fsp3) is 0.625. The highest BCUT2D eigenvalue weighted by Gasteiger charge is 2.07. The summed E-state index contributed by atoms with van der Waals surface area (Å²) >= 11 is 3.52. The molecule has 1 atom stereocenters. The van der Waals surface area contributed by atoms with Crippen molar-refractivity contribution < 1.29 is 5.11 Å². The summed E-state index contributed by atoms with van der Waals surface area (Å²) < 4.78 is 1.10. The highest BCUT2D eigenvalue weighted by atomic mass is 79.9. The van der Waals surface area contributed by atoms with Gasteiger partial charge in [0, 0.05) is 4.47 Å². The van der Waals surface area contributed by atoms with Gasteiger partial charge in [-0.25, -0.2) is 0 Å². The normalized spacial score (nSPS) is 12.6. The Hall–Kier alpha value is -0.340. The molecule has 18 heavy (non-hydrogen) atoms. The van der Waals surface area contributed by atoms with E-state index in [1.54, 1.807) is 0 Å². The molecule has 0 bridgehead atoms. The van der Waals surface area contributed by atoms with Crippen molar-refractivity contribution in [3.8, 4) is 0 Å². The Bertz CT molecular complexity index is 325. The van der Waals surface area contributed by atoms with E-state index < -0.39 is 0 Å². The summed E-state index contributed by atoms with van der Waals surface area (Å²) in [6, 6.07) is 8.15. The first-order chi connectivity index (χ1) is 8.74. The third-order valence-electron chi connectivity index (χ3n) is 3.30. The van der Waals surface area contributed by atoms with Crippen molar-refractivity contribution >= 4 is 15.9 Å². The van der Waals surface area contributed by atoms with Crippen molar-refractivity contribution in [2.24, 2.45) is 0 Å². The molecule has 0 aliphatic rings. The number of benzene rings is 1. The highest BCUT2D eigenvalue weighted by Crippen LogP contribution is 2.19. The van der Waals surface area contributed by atoms with Crippen LogP contribution in [0, 0.1) is 0 Å². The van der Waals surface area contributed by atoms with Gasteiger partial charge in [0.25, 0.3) is 0 Å². The SMILES string of the molecule is CCCCCCCCC(O)Cc1ccccc1Br. The minimum Gasteiger partial charge on any atom is -0.393 e. The van der Waals surface area contributed by atoms with Gasteiger partial charge in [0.15, 0.2) is 0 Å². The van der Waals surface area contributed by atoms with Crippen molar-refractivity contribution in [3.63, 3.8) is 0 Å². The van der Waals surface area contributed by atoms with E-state index in [1.807, 2.05) is 18.2 Å². The van der Waals surface area contributed by atoms with Crippen molar-refractivity contribution in [1.29, 1.82) is 0 Å². The van der Waals surface area contributed by atoms with Crippen LogP contribution in [0.4, 0.5) is 0 Å². The molecule has 1 aromatic carbocycles. The van der Waals surface area contributed by atoms with E-state index in [2.05, 4.69) is 28.9 Å². The van der Waals surface area contributed by atoms with E-state index in [4.69, 9.17) is 0 Å². The standard InChI is InChI=1S/C16H25BrO/c1-2-3-4-5-6-7-11-15(18)13-14-10-8-9-12-16(14)17/h8-10,12,15,18H,2-7,11,13H2,1H3. The minimum atomic E-state index is -0.199. The quantitative estimate of drug-likeness (QED) is 0.629. The Morgan fingerprint density at radius 1 is 1.06 bits per heavy atom. The van der Waals surface area contributed by atoms with Gasteiger partial charge < -0.3 is 5.11 Å². The van der Waals surface area contributed by atoms with Gasteiger partial charge in [-0.3, -0.25) is 0 Å². The van der Waals surface area contributed by atoms with Crippen molar-refractivity contribution in [2.75, 3.05) is 0 Å². The Morgan fingerprint density at radius 3 is 2.44 bits per heavy atom. The van der Waals surface area contributed by atoms with Crippen molar-refractivity contribution in [1.82, 2.24) is 0 Å². The second-order valence-electron chi connectivity index (χ2n) is 5.01. The first kappa shape index (κ1) is 15.7. The number of hydrogen-bond acceptors (Lipinski definition) is 1. The molecule has 1 N–H and O–H groups in total. The van der Waals surface area contributed by atoms with Crippen LogP contribution in [0.3, 0.4) is 0 Å². The number of unbranched alkanes of at least 4 members (excludes halogenated alkanes) is 5. The topological polar surface area (TPSA) is 20.2 Å². The third kappa shape index (κ3) is 6.55. The van der Waals surface area contributed by atoms with E-state index >= 15 is 0 Å². The predicted molar refractivity (Wildman–Crippen MR) is 81.8 cm³/mol. The van der Waals surface area contributed by atoms with Crippen LogP contribution < -0.4 is 0 Å². The predicted octanol–water partition coefficient (Wildman–Crippen LogP) is 5.10. The number of aliphatic hydroxyl groups excluding tert-OH is 1. The highest BCUT2D eigenvalue weighted by molar-refractivity contribution is 9.10. The largest absolute Gasteiger partial charge is 0.393 e. The molecule has 102 valence electrons. The van der Waals surface area contributed by atoms with Crippen LogP contribution >= 0.6 is 15.9 Å². The van der Waals surface area contributed by atoms with Crippen molar-refractivity contribution in [3.05, 3.63) is 34.3 Å². The molecule has 0 aromatic heterocycles. The average molecular weight is 313 g/mol. The summed E-state index contributed by atoms with van der Waals surface area (Å²) in [6.45, 7) is 2.24. The first-order valence-electron chi connectivity index (χ1n) is 7.15. The second kappa shape index (κ2) is 9.57. The molecule has 0 aliphatic heterocycles. The maximum absolute atomic E-state index is 10.0. The van der Waals surface area contributed by atoms with Crippen LogP contribution in [0.2, 0.25) is 0 Å². The molecule has 1 aromatic rings. The Kier molecular flexibility index (Phi) is 8.36. The molecule has 1 nitrogen and oxygen atoms in total. The second-order valence-corrected chi connectivity index (χ2v) is 5.86. The maximum Gasteiger partial charge on any atom is 0.0581 e. The molecule has 1 unspecified atom stereocenters. The summed E-state index contributed by atoms with van der Waals surface area (Å²) in [5.41, 5.74) is 1.20. The molecule has 0 saturated heterocycles. The monoisotopic (exact) mass is 312 g/mol. The fourth-order valence-electron chi connectivity index (χ4n) is 2.18. The van der Waals surface area contributed by atoms with Gasteiger partial charge in [0.05, 0.1) is 6.10 Å². The zero-order valence-electron chi connectivity index (χ0n) is 11.4. The lowest BCUT2D eigenvalue weighted by molar-refractivity contribution is 0.160. The molecule has 0 amide bonds. The third-order valence-corrected chi connectivity index (χ3v) is 4.08. The van der Waals surface area contributed by atoms with E-state index in [1.165, 1.54) is 37.7 Å². The summed E-state index contributed by atoms with van der Waals surface area (Å²) in [7, 11) is 0. The molecule has 2 heteroatoms. The van der Waals surface area contributed by atoms with Gasteiger partial charge in [0.1, 0.15) is 0 Å². The maximum atomic E-state index is 10.0. The molecule has 0 radical (unpaired) electrons. The summed E-state index contributed by atoms with van der Waals surface area (Å²) in [5.74, 6) is 0. The van der Waals surface area contributed by atoms with E-state index in [0.29, 0.717) is 0 Å². The van der Waals surface area contributed by atoms with Crippen LogP contribution in [-0.2, 0) is 6.42 Å². The molecule has 0 saturated carbocycles. The van der Waals surface area contributed by atoms with Crippen LogP contribution in [0.5, 0.6) is 0 Å². The van der Waals surface area contributed by atoms with E-state index in [-0.39, 0.29) is 6.10 Å². The van der Waals surface area contributed by atoms with Gasteiger partial charge in [-0.15, -0.1) is 0 Å². The number of aliphatic hydroxyl groups is 1. The van der Waals surface area contributed by atoms with Gasteiger partial charge in [-0.1, -0.05) is 79.6 Å². The number of hydrogen-bond donors (Lipinski definition) is 1. The Morgan fingerprint density at radius 2 is 1.72 bits per heavy atom. The minimum absolute atomic E-state index is 0.199. The molecule has 0 aliphatic carbocycles. The number of rotatable bonds is 9. The van der Waals surface area contributed by atoms with E-state index in [0.717, 1.165) is 23.7 Å². The smallest absolute Gasteiger partial charge is 0.0581 e. The molecule has 0 heterocycles. The zero-order valence-corrected chi connectivity index (χ0v) is 13.0. The molecular formula is C16H25BrO. The van der Waals surface area contributed by atoms with Crippen LogP contribution in [-0.4, -0.2) is 11.2 Å². The lowest BCUT2D eigenvalue weighted by Crippen LogP contribution is -2.10. The van der Waals surface area contributed by atoms with Gasteiger partial charge in [-0.2, -0.15) is 0 Å². The zero-order chi connectivity index (χ0) is 13.2. The van der Waals surface area contributed by atoms with Gasteiger partial charge in [0.2, 0.25) is 0 Å². The van der Waals surface area contributed by atoms with Gasteiger partial charge in [-0.05, 0) is 24.5 Å². The van der Waals surface area contributed by atoms with Crippen LogP contribution in [0.25, 0.3) is 0 Å². The molecular weight excluding hydrogens is 288 g/mol. The first-order valence-corrected chi connectivity index (χ1v) is 7.94. The van der Waals surface area contributed by atoms with E-state index in [9.17, 15) is 5.11 Å². The lowest BCUT2D eigenvalue weighted by atomic mass is 10.0. The summed E-state index contributed by atoms with van der Waals surface area (Å²) in [4.78, 5) is 0. The number of halogens is 1. The molecule has 1 rings (SSSR count). The average Bonchev–Trinajstić information content (AvgIpc) is 2.36. The Balaban J connectivity index is 2.14. The molecule has 0 spiro atoms. The lowest BCUT2D eigenvalue weighted by Gasteiger charge is -2.11.